The Kier molecular flexibility index (Phi) is 4.97. The zero-order chi connectivity index (χ0) is 13.7. The van der Waals surface area contributed by atoms with Gasteiger partial charge in [0.2, 0.25) is 0 Å². The highest BCUT2D eigenvalue weighted by Crippen LogP contribution is 2.20. The zero-order valence-corrected chi connectivity index (χ0v) is 12.9. The Morgan fingerprint density at radius 2 is 2.00 bits per heavy atom. The zero-order valence-electron chi connectivity index (χ0n) is 11.4. The minimum atomic E-state index is 0.568. The van der Waals surface area contributed by atoms with Crippen LogP contribution in [0.5, 0.6) is 0 Å². The number of benzene rings is 1. The number of rotatable bonds is 5. The van der Waals surface area contributed by atoms with Crippen molar-refractivity contribution >= 4 is 21.6 Å². The van der Waals surface area contributed by atoms with E-state index in [2.05, 4.69) is 76.5 Å². The number of nitrogens with one attached hydrogen (secondary N) is 1. The lowest BCUT2D eigenvalue weighted by molar-refractivity contribution is 0.706. The van der Waals surface area contributed by atoms with E-state index in [1.165, 1.54) is 5.56 Å². The monoisotopic (exact) mass is 318 g/mol. The van der Waals surface area contributed by atoms with Crippen molar-refractivity contribution in [2.45, 2.75) is 26.2 Å². The first kappa shape index (κ1) is 14.1. The minimum Gasteiger partial charge on any atom is -0.384 e. The lowest BCUT2D eigenvalue weighted by Gasteiger charge is -2.13. The average Bonchev–Trinajstić information content (AvgIpc) is 2.43. The fourth-order valence-electron chi connectivity index (χ4n) is 2.04. The number of hydrogen-bond acceptors (Lipinski definition) is 2. The second-order valence-electron chi connectivity index (χ2n) is 4.86. The van der Waals surface area contributed by atoms with E-state index in [1.54, 1.807) is 0 Å². The van der Waals surface area contributed by atoms with E-state index in [1.807, 2.05) is 6.20 Å². The third kappa shape index (κ3) is 4.06. The maximum atomic E-state index is 4.29. The highest BCUT2D eigenvalue weighted by Gasteiger charge is 2.04. The van der Waals surface area contributed by atoms with E-state index in [0.717, 1.165) is 28.8 Å². The highest BCUT2D eigenvalue weighted by molar-refractivity contribution is 9.10. The summed E-state index contributed by atoms with van der Waals surface area (Å²) in [4.78, 5) is 4.29. The number of halogens is 1. The number of anilines is 1. The molecule has 3 heteroatoms. The van der Waals surface area contributed by atoms with Gasteiger partial charge in [-0.15, -0.1) is 0 Å². The van der Waals surface area contributed by atoms with Crippen molar-refractivity contribution in [3.63, 3.8) is 0 Å². The molecule has 100 valence electrons. The van der Waals surface area contributed by atoms with Gasteiger partial charge in [0.25, 0.3) is 0 Å². The molecule has 2 nitrogen and oxygen atoms in total. The van der Waals surface area contributed by atoms with Crippen LogP contribution >= 0.6 is 15.9 Å². The molecular formula is C16H19BrN2. The van der Waals surface area contributed by atoms with E-state index in [9.17, 15) is 0 Å². The van der Waals surface area contributed by atoms with Crippen LogP contribution < -0.4 is 5.32 Å². The summed E-state index contributed by atoms with van der Waals surface area (Å²) >= 11 is 3.41. The van der Waals surface area contributed by atoms with E-state index < -0.39 is 0 Å². The Morgan fingerprint density at radius 3 is 2.68 bits per heavy atom. The number of aromatic nitrogens is 1. The summed E-state index contributed by atoms with van der Waals surface area (Å²) in [5.74, 6) is 0.568. The van der Waals surface area contributed by atoms with E-state index in [-0.39, 0.29) is 0 Å². The molecule has 0 saturated carbocycles. The molecule has 0 aliphatic rings. The summed E-state index contributed by atoms with van der Waals surface area (Å²) in [5.41, 5.74) is 3.64. The van der Waals surface area contributed by atoms with Gasteiger partial charge in [-0.1, -0.05) is 37.3 Å². The predicted octanol–water partition coefficient (Wildman–Crippen LogP) is 4.76. The predicted molar refractivity (Wildman–Crippen MR) is 84.6 cm³/mol. The van der Waals surface area contributed by atoms with Gasteiger partial charge < -0.3 is 5.32 Å². The molecule has 1 unspecified atom stereocenters. The first-order valence-electron chi connectivity index (χ1n) is 6.58. The molecule has 0 amide bonds. The second kappa shape index (κ2) is 6.71. The molecule has 2 rings (SSSR count). The topological polar surface area (TPSA) is 24.9 Å². The highest BCUT2D eigenvalue weighted by atomic mass is 79.9. The molecule has 0 aliphatic heterocycles. The molecule has 1 atom stereocenters. The van der Waals surface area contributed by atoms with Gasteiger partial charge in [0, 0.05) is 6.54 Å². The van der Waals surface area contributed by atoms with Gasteiger partial charge in [0.05, 0.1) is 11.9 Å². The molecule has 19 heavy (non-hydrogen) atoms. The molecule has 1 aromatic carbocycles. The summed E-state index contributed by atoms with van der Waals surface area (Å²) in [6, 6.07) is 12.8. The molecule has 1 aromatic heterocycles. The van der Waals surface area contributed by atoms with E-state index in [0.29, 0.717) is 5.92 Å². The Bertz CT molecular complexity index is 526. The maximum Gasteiger partial charge on any atom is 0.109 e. The fraction of sp³-hybridized carbons (Fsp3) is 0.312. The van der Waals surface area contributed by atoms with Gasteiger partial charge in [-0.3, -0.25) is 0 Å². The quantitative estimate of drug-likeness (QED) is 0.804. The third-order valence-electron chi connectivity index (χ3n) is 3.29. The van der Waals surface area contributed by atoms with E-state index in [4.69, 9.17) is 0 Å². The lowest BCUT2D eigenvalue weighted by atomic mass is 9.98. The van der Waals surface area contributed by atoms with Gasteiger partial charge in [-0.2, -0.15) is 0 Å². The molecule has 0 fully saturated rings. The summed E-state index contributed by atoms with van der Waals surface area (Å²) < 4.78 is 0.913. The lowest BCUT2D eigenvalue weighted by Crippen LogP contribution is -2.06. The molecule has 1 N–H and O–H groups in total. The molecule has 0 radical (unpaired) electrons. The van der Waals surface area contributed by atoms with Crippen molar-refractivity contribution in [2.75, 3.05) is 11.9 Å². The van der Waals surface area contributed by atoms with E-state index >= 15 is 0 Å². The van der Waals surface area contributed by atoms with Crippen LogP contribution in [0.25, 0.3) is 0 Å². The van der Waals surface area contributed by atoms with Crippen LogP contribution in [0, 0.1) is 6.92 Å². The summed E-state index contributed by atoms with van der Waals surface area (Å²) in [6.07, 6.45) is 2.98. The number of hydrogen-bond donors (Lipinski definition) is 1. The van der Waals surface area contributed by atoms with Crippen molar-refractivity contribution in [1.29, 1.82) is 0 Å². The van der Waals surface area contributed by atoms with Crippen LogP contribution in [-0.4, -0.2) is 11.5 Å². The summed E-state index contributed by atoms with van der Waals surface area (Å²) in [6.45, 7) is 5.27. The summed E-state index contributed by atoms with van der Waals surface area (Å²) in [7, 11) is 0. The Balaban J connectivity index is 1.85. The van der Waals surface area contributed by atoms with Gasteiger partial charge in [-0.05, 0) is 52.4 Å². The molecule has 0 spiro atoms. The smallest absolute Gasteiger partial charge is 0.109 e. The van der Waals surface area contributed by atoms with Gasteiger partial charge in [-0.25, -0.2) is 4.98 Å². The van der Waals surface area contributed by atoms with Crippen molar-refractivity contribution in [2.24, 2.45) is 0 Å². The van der Waals surface area contributed by atoms with Crippen LogP contribution in [0.3, 0.4) is 0 Å². The molecule has 2 aromatic rings. The normalized spacial score (nSPS) is 12.2. The van der Waals surface area contributed by atoms with Crippen LogP contribution in [0.15, 0.2) is 47.2 Å². The Labute approximate surface area is 123 Å². The molecular weight excluding hydrogens is 300 g/mol. The van der Waals surface area contributed by atoms with Gasteiger partial charge >= 0.3 is 0 Å². The molecule has 1 heterocycles. The first-order valence-corrected chi connectivity index (χ1v) is 7.37. The SMILES string of the molecule is Cc1cc(NCCC(C)c2ccccc2)cnc1Br. The first-order chi connectivity index (χ1) is 9.16. The van der Waals surface area contributed by atoms with Crippen LogP contribution in [0.1, 0.15) is 30.4 Å². The van der Waals surface area contributed by atoms with Gasteiger partial charge in [0.1, 0.15) is 4.60 Å². The Morgan fingerprint density at radius 1 is 1.26 bits per heavy atom. The summed E-state index contributed by atoms with van der Waals surface area (Å²) in [5, 5.41) is 3.43. The second-order valence-corrected chi connectivity index (χ2v) is 5.61. The fourth-order valence-corrected chi connectivity index (χ4v) is 2.25. The standard InChI is InChI=1S/C16H19BrN2/c1-12(14-6-4-3-5-7-14)8-9-18-15-10-13(2)16(17)19-11-15/h3-7,10-12,18H,8-9H2,1-2H3. The van der Waals surface area contributed by atoms with Crippen molar-refractivity contribution < 1.29 is 0 Å². The van der Waals surface area contributed by atoms with Crippen molar-refractivity contribution in [1.82, 2.24) is 4.98 Å². The van der Waals surface area contributed by atoms with Crippen LogP contribution in [0.4, 0.5) is 5.69 Å². The third-order valence-corrected chi connectivity index (χ3v) is 4.12. The maximum absolute atomic E-state index is 4.29. The number of aryl methyl sites for hydroxylation is 1. The van der Waals surface area contributed by atoms with Gasteiger partial charge in [0.15, 0.2) is 0 Å². The van der Waals surface area contributed by atoms with Crippen LogP contribution in [0.2, 0.25) is 0 Å². The molecule has 0 aliphatic carbocycles. The van der Waals surface area contributed by atoms with Crippen LogP contribution in [-0.2, 0) is 0 Å². The minimum absolute atomic E-state index is 0.568. The molecule has 0 saturated heterocycles. The largest absolute Gasteiger partial charge is 0.384 e. The Hall–Kier alpha value is -1.35. The number of nitrogens with zero attached hydrogens (tertiary/aromatic N) is 1. The average molecular weight is 319 g/mol. The van der Waals surface area contributed by atoms with Crippen molar-refractivity contribution in [3.8, 4) is 0 Å². The molecule has 0 bridgehead atoms. The number of pyridine rings is 1. The van der Waals surface area contributed by atoms with Crippen molar-refractivity contribution in [3.05, 3.63) is 58.3 Å².